The molecule has 27 heavy (non-hydrogen) atoms. The van der Waals surface area contributed by atoms with Crippen molar-refractivity contribution in [2.24, 2.45) is 0 Å². The van der Waals surface area contributed by atoms with E-state index >= 15 is 0 Å². The van der Waals surface area contributed by atoms with Crippen LogP contribution >= 0.6 is 11.6 Å². The summed E-state index contributed by atoms with van der Waals surface area (Å²) < 4.78 is 5.65. The minimum atomic E-state index is 0.159. The topological polar surface area (TPSA) is 59.1 Å². The zero-order valence-electron chi connectivity index (χ0n) is 15.4. The molecule has 0 radical (unpaired) electrons. The van der Waals surface area contributed by atoms with Crippen LogP contribution < -0.4 is 15.4 Å². The molecule has 3 rings (SSSR count). The molecule has 0 spiro atoms. The minimum Gasteiger partial charge on any atom is -0.491 e. The molecule has 6 heteroatoms. The number of ether oxygens (including phenoxy) is 1. The van der Waals surface area contributed by atoms with E-state index in [0.29, 0.717) is 5.95 Å². The van der Waals surface area contributed by atoms with Crippen LogP contribution in [0.3, 0.4) is 0 Å². The monoisotopic (exact) mass is 382 g/mol. The number of rotatable bonds is 8. The van der Waals surface area contributed by atoms with Crippen molar-refractivity contribution in [3.05, 3.63) is 71.4 Å². The lowest BCUT2D eigenvalue weighted by molar-refractivity contribution is 0.242. The molecule has 0 saturated heterocycles. The molecule has 5 nitrogen and oxygen atoms in total. The fourth-order valence-electron chi connectivity index (χ4n) is 2.56. The van der Waals surface area contributed by atoms with Crippen molar-refractivity contribution in [1.82, 2.24) is 9.97 Å². The van der Waals surface area contributed by atoms with Gasteiger partial charge in [0.2, 0.25) is 5.95 Å². The van der Waals surface area contributed by atoms with Crippen molar-refractivity contribution < 1.29 is 4.74 Å². The van der Waals surface area contributed by atoms with E-state index in [1.54, 1.807) is 6.20 Å². The van der Waals surface area contributed by atoms with E-state index in [1.807, 2.05) is 62.4 Å². The molecular weight excluding hydrogens is 360 g/mol. The quantitative estimate of drug-likeness (QED) is 0.552. The largest absolute Gasteiger partial charge is 0.491 e. The second kappa shape index (κ2) is 9.24. The van der Waals surface area contributed by atoms with E-state index in [2.05, 4.69) is 26.7 Å². The molecule has 140 valence electrons. The van der Waals surface area contributed by atoms with Crippen LogP contribution in [0.5, 0.6) is 5.75 Å². The molecule has 0 atom stereocenters. The van der Waals surface area contributed by atoms with Gasteiger partial charge in [-0.05, 0) is 68.3 Å². The summed E-state index contributed by atoms with van der Waals surface area (Å²) in [5, 5.41) is 7.27. The first-order chi connectivity index (χ1) is 13.1. The Labute approximate surface area is 164 Å². The highest BCUT2D eigenvalue weighted by molar-refractivity contribution is 6.30. The zero-order valence-corrected chi connectivity index (χ0v) is 16.2. The van der Waals surface area contributed by atoms with Crippen molar-refractivity contribution in [1.29, 1.82) is 0 Å². The molecule has 2 N–H and O–H groups in total. The summed E-state index contributed by atoms with van der Waals surface area (Å²) in [6, 6.07) is 17.5. The minimum absolute atomic E-state index is 0.159. The summed E-state index contributed by atoms with van der Waals surface area (Å²) in [5.41, 5.74) is 2.11. The van der Waals surface area contributed by atoms with Gasteiger partial charge in [-0.25, -0.2) is 4.98 Å². The Kier molecular flexibility index (Phi) is 6.49. The maximum atomic E-state index is 6.01. The molecule has 0 aliphatic rings. The SMILES string of the molecule is CC(C)Oc1ccc(Nc2ccnc(NCCc3cccc(Cl)c3)n2)cc1. The van der Waals surface area contributed by atoms with Gasteiger partial charge >= 0.3 is 0 Å². The Balaban J connectivity index is 1.55. The van der Waals surface area contributed by atoms with Crippen LogP contribution in [-0.4, -0.2) is 22.6 Å². The van der Waals surface area contributed by atoms with Gasteiger partial charge in [0.1, 0.15) is 11.6 Å². The van der Waals surface area contributed by atoms with Gasteiger partial charge in [0.25, 0.3) is 0 Å². The number of halogens is 1. The molecule has 1 aromatic heterocycles. The second-order valence-corrected chi connectivity index (χ2v) is 6.82. The molecule has 2 aromatic carbocycles. The van der Waals surface area contributed by atoms with Crippen molar-refractivity contribution in [2.45, 2.75) is 26.4 Å². The van der Waals surface area contributed by atoms with E-state index in [0.717, 1.165) is 35.2 Å². The summed E-state index contributed by atoms with van der Waals surface area (Å²) >= 11 is 6.01. The van der Waals surface area contributed by atoms with E-state index in [1.165, 1.54) is 5.56 Å². The third-order valence-electron chi connectivity index (χ3n) is 3.74. The number of benzene rings is 2. The first kappa shape index (κ1) is 19.0. The number of hydrogen-bond donors (Lipinski definition) is 2. The first-order valence-corrected chi connectivity index (χ1v) is 9.31. The van der Waals surface area contributed by atoms with Crippen LogP contribution in [0.2, 0.25) is 5.02 Å². The van der Waals surface area contributed by atoms with Gasteiger partial charge in [0, 0.05) is 23.5 Å². The highest BCUT2D eigenvalue weighted by Gasteiger charge is 2.02. The predicted molar refractivity (Wildman–Crippen MR) is 111 cm³/mol. The summed E-state index contributed by atoms with van der Waals surface area (Å²) in [6.07, 6.45) is 2.73. The van der Waals surface area contributed by atoms with E-state index in [9.17, 15) is 0 Å². The Morgan fingerprint density at radius 3 is 2.63 bits per heavy atom. The van der Waals surface area contributed by atoms with Crippen molar-refractivity contribution in [2.75, 3.05) is 17.2 Å². The third kappa shape index (κ3) is 6.15. The maximum Gasteiger partial charge on any atom is 0.224 e. The number of anilines is 3. The third-order valence-corrected chi connectivity index (χ3v) is 3.98. The van der Waals surface area contributed by atoms with E-state index in [-0.39, 0.29) is 6.10 Å². The summed E-state index contributed by atoms with van der Waals surface area (Å²) in [6.45, 7) is 4.74. The highest BCUT2D eigenvalue weighted by Crippen LogP contribution is 2.20. The number of nitrogens with one attached hydrogen (secondary N) is 2. The predicted octanol–water partition coefficient (Wildman–Crippen LogP) is 5.32. The zero-order chi connectivity index (χ0) is 19.1. The lowest BCUT2D eigenvalue weighted by atomic mass is 10.1. The van der Waals surface area contributed by atoms with Crippen LogP contribution in [-0.2, 0) is 6.42 Å². The van der Waals surface area contributed by atoms with Gasteiger partial charge in [-0.3, -0.25) is 0 Å². The van der Waals surface area contributed by atoms with Crippen molar-refractivity contribution >= 4 is 29.1 Å². The average Bonchev–Trinajstić information content (AvgIpc) is 2.63. The molecule has 0 aliphatic carbocycles. The molecule has 0 saturated carbocycles. The van der Waals surface area contributed by atoms with Crippen LogP contribution in [0.1, 0.15) is 19.4 Å². The molecular formula is C21H23ClN4O. The van der Waals surface area contributed by atoms with Gasteiger partial charge in [0.15, 0.2) is 0 Å². The van der Waals surface area contributed by atoms with E-state index in [4.69, 9.17) is 16.3 Å². The van der Waals surface area contributed by atoms with Crippen molar-refractivity contribution in [3.8, 4) is 5.75 Å². The Bertz CT molecular complexity index is 868. The van der Waals surface area contributed by atoms with Gasteiger partial charge in [0.05, 0.1) is 6.10 Å². The van der Waals surface area contributed by atoms with Crippen LogP contribution in [0.4, 0.5) is 17.5 Å². The maximum absolute atomic E-state index is 6.01. The molecule has 0 bridgehead atoms. The molecule has 1 heterocycles. The van der Waals surface area contributed by atoms with Crippen LogP contribution in [0, 0.1) is 0 Å². The average molecular weight is 383 g/mol. The fourth-order valence-corrected chi connectivity index (χ4v) is 2.77. The molecule has 3 aromatic rings. The van der Waals surface area contributed by atoms with Crippen LogP contribution in [0.25, 0.3) is 0 Å². The smallest absolute Gasteiger partial charge is 0.224 e. The second-order valence-electron chi connectivity index (χ2n) is 6.39. The molecule has 0 amide bonds. The van der Waals surface area contributed by atoms with Gasteiger partial charge in [-0.15, -0.1) is 0 Å². The fraction of sp³-hybridized carbons (Fsp3) is 0.238. The lowest BCUT2D eigenvalue weighted by Gasteiger charge is -2.11. The number of aromatic nitrogens is 2. The summed E-state index contributed by atoms with van der Waals surface area (Å²) in [4.78, 5) is 8.77. The summed E-state index contributed by atoms with van der Waals surface area (Å²) in [5.74, 6) is 2.16. The number of nitrogens with zero attached hydrogens (tertiary/aromatic N) is 2. The van der Waals surface area contributed by atoms with Crippen LogP contribution in [0.15, 0.2) is 60.8 Å². The normalized spacial score (nSPS) is 10.7. The van der Waals surface area contributed by atoms with Gasteiger partial charge < -0.3 is 15.4 Å². The van der Waals surface area contributed by atoms with Crippen molar-refractivity contribution in [3.63, 3.8) is 0 Å². The Morgan fingerprint density at radius 2 is 1.89 bits per heavy atom. The molecule has 0 fully saturated rings. The lowest BCUT2D eigenvalue weighted by Crippen LogP contribution is -2.08. The number of hydrogen-bond acceptors (Lipinski definition) is 5. The van der Waals surface area contributed by atoms with Gasteiger partial charge in [-0.1, -0.05) is 23.7 Å². The Hall–Kier alpha value is -2.79. The molecule has 0 unspecified atom stereocenters. The first-order valence-electron chi connectivity index (χ1n) is 8.93. The standard InChI is InChI=1S/C21H23ClN4O/c1-15(2)27-19-8-6-18(7-9-19)25-20-11-13-24-21(26-20)23-12-10-16-4-3-5-17(22)14-16/h3-9,11,13-15H,10,12H2,1-2H3,(H2,23,24,25,26). The summed E-state index contributed by atoms with van der Waals surface area (Å²) in [7, 11) is 0. The Morgan fingerprint density at radius 1 is 1.07 bits per heavy atom. The van der Waals surface area contributed by atoms with Gasteiger partial charge in [-0.2, -0.15) is 4.98 Å². The molecule has 0 aliphatic heterocycles. The van der Waals surface area contributed by atoms with E-state index < -0.39 is 0 Å². The highest BCUT2D eigenvalue weighted by atomic mass is 35.5.